The highest BCUT2D eigenvalue weighted by Gasteiger charge is 2.53. The molecule has 2 saturated heterocycles. The fourth-order valence-electron chi connectivity index (χ4n) is 5.10. The molecular weight excluding hydrogens is 394 g/mol. The minimum atomic E-state index is -0.934. The lowest BCUT2D eigenvalue weighted by Crippen LogP contribution is -2.57. The quantitative estimate of drug-likeness (QED) is 0.788. The average Bonchev–Trinajstić information content (AvgIpc) is 2.75. The number of carbonyl (C=O) groups is 1. The highest BCUT2D eigenvalue weighted by molar-refractivity contribution is 5.99. The van der Waals surface area contributed by atoms with Crippen molar-refractivity contribution in [2.24, 2.45) is 0 Å². The van der Waals surface area contributed by atoms with E-state index in [0.29, 0.717) is 63.0 Å². The predicted molar refractivity (Wildman–Crippen MR) is 113 cm³/mol. The molecule has 29 heavy (non-hydrogen) atoms. The Morgan fingerprint density at radius 3 is 1.38 bits per heavy atom. The third-order valence-corrected chi connectivity index (χ3v) is 6.56. The van der Waals surface area contributed by atoms with Crippen LogP contribution in [0.25, 0.3) is 0 Å². The van der Waals surface area contributed by atoms with Crippen LogP contribution in [0.2, 0.25) is 0 Å². The van der Waals surface area contributed by atoms with Gasteiger partial charge < -0.3 is 10.6 Å². The molecule has 6 heteroatoms. The van der Waals surface area contributed by atoms with Crippen molar-refractivity contribution in [1.29, 1.82) is 0 Å². The van der Waals surface area contributed by atoms with Crippen LogP contribution in [0.4, 0.5) is 8.78 Å². The molecule has 2 aromatic rings. The summed E-state index contributed by atoms with van der Waals surface area (Å²) in [5, 5.41) is 6.58. The zero-order valence-electron chi connectivity index (χ0n) is 16.3. The van der Waals surface area contributed by atoms with Crippen LogP contribution >= 0.6 is 12.4 Å². The molecule has 2 fully saturated rings. The van der Waals surface area contributed by atoms with Gasteiger partial charge in [-0.05, 0) is 64.0 Å². The Morgan fingerprint density at radius 1 is 0.690 bits per heavy atom. The lowest BCUT2D eigenvalue weighted by molar-refractivity contribution is -0.133. The summed E-state index contributed by atoms with van der Waals surface area (Å²) in [5.74, 6) is -0.732. The van der Waals surface area contributed by atoms with E-state index in [0.717, 1.165) is 0 Å². The molecule has 2 aromatic carbocycles. The number of rotatable bonds is 4. The third-order valence-electron chi connectivity index (χ3n) is 6.56. The van der Waals surface area contributed by atoms with Gasteiger partial charge in [-0.25, -0.2) is 8.78 Å². The van der Waals surface area contributed by atoms with E-state index in [2.05, 4.69) is 10.6 Å². The fourth-order valence-corrected chi connectivity index (χ4v) is 5.10. The molecule has 0 radical (unpaired) electrons. The molecule has 2 aliphatic heterocycles. The minimum absolute atomic E-state index is 0. The molecule has 0 amide bonds. The van der Waals surface area contributed by atoms with Gasteiger partial charge in [-0.3, -0.25) is 4.79 Å². The first-order valence-corrected chi connectivity index (χ1v) is 10.1. The topological polar surface area (TPSA) is 41.1 Å². The van der Waals surface area contributed by atoms with Crippen LogP contribution < -0.4 is 10.6 Å². The average molecular weight is 421 g/mol. The molecule has 2 N–H and O–H groups in total. The van der Waals surface area contributed by atoms with E-state index in [-0.39, 0.29) is 29.8 Å². The maximum absolute atomic E-state index is 14.9. The van der Waals surface area contributed by atoms with Crippen LogP contribution in [0, 0.1) is 11.6 Å². The molecule has 2 heterocycles. The normalized spacial score (nSPS) is 20.5. The van der Waals surface area contributed by atoms with Crippen LogP contribution in [0.1, 0.15) is 36.8 Å². The maximum atomic E-state index is 14.9. The molecule has 2 aliphatic rings. The van der Waals surface area contributed by atoms with Gasteiger partial charge in [0.2, 0.25) is 0 Å². The molecule has 0 spiro atoms. The summed E-state index contributed by atoms with van der Waals surface area (Å²) in [6, 6.07) is 13.2. The van der Waals surface area contributed by atoms with Crippen molar-refractivity contribution < 1.29 is 13.6 Å². The number of hydrogen-bond donors (Lipinski definition) is 2. The van der Waals surface area contributed by atoms with Crippen LogP contribution in [0.3, 0.4) is 0 Å². The van der Waals surface area contributed by atoms with Gasteiger partial charge in [0.05, 0.1) is 10.8 Å². The second kappa shape index (κ2) is 8.90. The molecule has 0 bridgehead atoms. The minimum Gasteiger partial charge on any atom is -0.317 e. The first-order chi connectivity index (χ1) is 13.6. The summed E-state index contributed by atoms with van der Waals surface area (Å²) in [5.41, 5.74) is -0.960. The number of Topliss-reactive ketones (excluding diaryl/α,β-unsaturated/α-hetero) is 1. The van der Waals surface area contributed by atoms with Gasteiger partial charge in [0.25, 0.3) is 0 Å². The Hall–Kier alpha value is -1.82. The lowest BCUT2D eigenvalue weighted by atomic mass is 9.57. The molecule has 3 nitrogen and oxygen atoms in total. The highest BCUT2D eigenvalue weighted by atomic mass is 35.5. The molecule has 0 aliphatic carbocycles. The summed E-state index contributed by atoms with van der Waals surface area (Å²) in [6.45, 7) is 2.58. The first-order valence-electron chi connectivity index (χ1n) is 10.1. The molecule has 0 atom stereocenters. The Morgan fingerprint density at radius 2 is 1.03 bits per heavy atom. The number of halogens is 3. The van der Waals surface area contributed by atoms with Crippen molar-refractivity contribution >= 4 is 18.2 Å². The zero-order chi connectivity index (χ0) is 19.6. The third kappa shape index (κ3) is 3.72. The van der Waals surface area contributed by atoms with E-state index in [1.165, 1.54) is 12.1 Å². The predicted octanol–water partition coefficient (Wildman–Crippen LogP) is 3.90. The van der Waals surface area contributed by atoms with Gasteiger partial charge in [0.15, 0.2) is 5.78 Å². The van der Waals surface area contributed by atoms with Crippen molar-refractivity contribution in [3.63, 3.8) is 0 Å². The molecule has 0 saturated carbocycles. The molecule has 4 rings (SSSR count). The zero-order valence-corrected chi connectivity index (χ0v) is 17.2. The standard InChI is InChI=1S/C23H26F2N2O.ClH/c24-19-7-3-1-5-17(19)22(9-13-26-14-10-22)21(28)23(11-15-27-16-12-23)18-6-2-4-8-20(18)25;/h1-8,26-27H,9-16H2;1H. The van der Waals surface area contributed by atoms with Crippen LogP contribution in [0.15, 0.2) is 48.5 Å². The van der Waals surface area contributed by atoms with Gasteiger partial charge in [0, 0.05) is 11.1 Å². The fraction of sp³-hybridized carbons (Fsp3) is 0.435. The van der Waals surface area contributed by atoms with E-state index >= 15 is 0 Å². The first kappa shape index (κ1) is 21.9. The van der Waals surface area contributed by atoms with E-state index in [1.54, 1.807) is 36.4 Å². The molecular formula is C23H27ClF2N2O. The smallest absolute Gasteiger partial charge is 0.154 e. The summed E-state index contributed by atoms with van der Waals surface area (Å²) < 4.78 is 29.8. The van der Waals surface area contributed by atoms with E-state index in [4.69, 9.17) is 0 Å². The van der Waals surface area contributed by atoms with Gasteiger partial charge in [0.1, 0.15) is 11.6 Å². The van der Waals surface area contributed by atoms with E-state index < -0.39 is 10.8 Å². The molecule has 0 unspecified atom stereocenters. The summed E-state index contributed by atoms with van der Waals surface area (Å²) in [4.78, 5) is 14.3. The number of piperidine rings is 2. The maximum Gasteiger partial charge on any atom is 0.154 e. The lowest BCUT2D eigenvalue weighted by Gasteiger charge is -2.46. The van der Waals surface area contributed by atoms with Gasteiger partial charge >= 0.3 is 0 Å². The van der Waals surface area contributed by atoms with Crippen molar-refractivity contribution in [2.45, 2.75) is 36.5 Å². The van der Waals surface area contributed by atoms with E-state index in [1.807, 2.05) is 0 Å². The van der Waals surface area contributed by atoms with Crippen molar-refractivity contribution in [3.05, 3.63) is 71.3 Å². The number of benzene rings is 2. The summed E-state index contributed by atoms with van der Waals surface area (Å²) in [6.07, 6.45) is 2.10. The second-order valence-corrected chi connectivity index (χ2v) is 7.95. The largest absolute Gasteiger partial charge is 0.317 e. The Kier molecular flexibility index (Phi) is 6.72. The number of nitrogens with one attached hydrogen (secondary N) is 2. The Bertz CT molecular complexity index is 792. The molecule has 156 valence electrons. The second-order valence-electron chi connectivity index (χ2n) is 7.95. The van der Waals surface area contributed by atoms with Gasteiger partial charge in [-0.15, -0.1) is 12.4 Å². The SMILES string of the molecule is Cl.O=C(C1(c2ccccc2F)CCNCC1)C1(c2ccccc2F)CCNCC1. The summed E-state index contributed by atoms with van der Waals surface area (Å²) >= 11 is 0. The van der Waals surface area contributed by atoms with Crippen LogP contribution in [0.5, 0.6) is 0 Å². The van der Waals surface area contributed by atoms with Crippen molar-refractivity contribution in [3.8, 4) is 0 Å². The Balaban J connectivity index is 0.00000240. The van der Waals surface area contributed by atoms with Gasteiger partial charge in [-0.1, -0.05) is 36.4 Å². The van der Waals surface area contributed by atoms with Crippen LogP contribution in [-0.2, 0) is 15.6 Å². The number of ketones is 1. The summed E-state index contributed by atoms with van der Waals surface area (Å²) in [7, 11) is 0. The molecule has 0 aromatic heterocycles. The van der Waals surface area contributed by atoms with Crippen molar-refractivity contribution in [2.75, 3.05) is 26.2 Å². The van der Waals surface area contributed by atoms with Gasteiger partial charge in [-0.2, -0.15) is 0 Å². The van der Waals surface area contributed by atoms with E-state index in [9.17, 15) is 13.6 Å². The van der Waals surface area contributed by atoms with Crippen molar-refractivity contribution in [1.82, 2.24) is 10.6 Å². The monoisotopic (exact) mass is 420 g/mol. The van der Waals surface area contributed by atoms with Crippen LogP contribution in [-0.4, -0.2) is 32.0 Å². The highest BCUT2D eigenvalue weighted by Crippen LogP contribution is 2.46. The number of hydrogen-bond acceptors (Lipinski definition) is 3. The Labute approximate surface area is 176 Å². The number of carbonyl (C=O) groups excluding carboxylic acids is 1.